The summed E-state index contributed by atoms with van der Waals surface area (Å²) < 4.78 is 32.7. The van der Waals surface area contributed by atoms with Gasteiger partial charge in [0.1, 0.15) is 11.9 Å². The third kappa shape index (κ3) is 3.64. The predicted octanol–water partition coefficient (Wildman–Crippen LogP) is 3.85. The Bertz CT molecular complexity index is 984. The Kier molecular flexibility index (Phi) is 5.76. The Morgan fingerprint density at radius 3 is 2.46 bits per heavy atom. The first kappa shape index (κ1) is 20.4. The summed E-state index contributed by atoms with van der Waals surface area (Å²) in [5.74, 6) is 0.493. The molecule has 2 atom stereocenters. The third-order valence-corrected chi connectivity index (χ3v) is 7.27. The van der Waals surface area contributed by atoms with Crippen LogP contribution in [0.1, 0.15) is 49.5 Å². The van der Waals surface area contributed by atoms with Crippen molar-refractivity contribution in [3.05, 3.63) is 53.6 Å². The van der Waals surface area contributed by atoms with Crippen molar-refractivity contribution < 1.29 is 17.9 Å². The van der Waals surface area contributed by atoms with Crippen LogP contribution in [-0.2, 0) is 10.0 Å². The highest BCUT2D eigenvalue weighted by molar-refractivity contribution is 7.89. The summed E-state index contributed by atoms with van der Waals surface area (Å²) in [7, 11) is -3.59. The molecule has 2 aromatic rings. The van der Waals surface area contributed by atoms with Crippen molar-refractivity contribution >= 4 is 21.6 Å². The van der Waals surface area contributed by atoms with Crippen molar-refractivity contribution in [1.82, 2.24) is 4.31 Å². The first-order valence-corrected chi connectivity index (χ1v) is 10.9. The van der Waals surface area contributed by atoms with Gasteiger partial charge in [-0.05, 0) is 31.2 Å². The summed E-state index contributed by atoms with van der Waals surface area (Å²) in [5, 5.41) is 2.80. The van der Waals surface area contributed by atoms with Gasteiger partial charge in [-0.3, -0.25) is 4.79 Å². The van der Waals surface area contributed by atoms with Gasteiger partial charge in [0.2, 0.25) is 10.0 Å². The Balaban J connectivity index is 1.88. The summed E-state index contributed by atoms with van der Waals surface area (Å²) in [6.45, 7) is 8.42. The molecular formula is C21H26N2O4S. The molecule has 1 N–H and O–H groups in total. The van der Waals surface area contributed by atoms with Crippen molar-refractivity contribution in [2.24, 2.45) is 0 Å². The molecule has 6 nitrogen and oxygen atoms in total. The van der Waals surface area contributed by atoms with Crippen molar-refractivity contribution in [3.8, 4) is 5.75 Å². The number of hydrogen-bond donors (Lipinski definition) is 1. The highest BCUT2D eigenvalue weighted by Crippen LogP contribution is 2.40. The summed E-state index contributed by atoms with van der Waals surface area (Å²) in [6.07, 6.45) is 0.00601. The first-order valence-electron chi connectivity index (χ1n) is 9.50. The minimum absolute atomic E-state index is 0.00601. The van der Waals surface area contributed by atoms with E-state index in [0.717, 1.165) is 5.56 Å². The van der Waals surface area contributed by atoms with Crippen LogP contribution in [0.2, 0.25) is 0 Å². The van der Waals surface area contributed by atoms with Gasteiger partial charge >= 0.3 is 0 Å². The minimum Gasteiger partial charge on any atom is -0.489 e. The third-order valence-electron chi connectivity index (χ3n) is 5.22. The van der Waals surface area contributed by atoms with Crippen molar-refractivity contribution in [3.63, 3.8) is 0 Å². The molecule has 2 aromatic carbocycles. The van der Waals surface area contributed by atoms with E-state index in [1.807, 2.05) is 19.1 Å². The largest absolute Gasteiger partial charge is 0.489 e. The zero-order chi connectivity index (χ0) is 20.5. The van der Waals surface area contributed by atoms with Crippen LogP contribution in [0.4, 0.5) is 5.69 Å². The Morgan fingerprint density at radius 2 is 1.79 bits per heavy atom. The molecule has 0 spiro atoms. The van der Waals surface area contributed by atoms with E-state index in [1.165, 1.54) is 16.4 Å². The van der Waals surface area contributed by atoms with Crippen molar-refractivity contribution in [2.75, 3.05) is 18.4 Å². The van der Waals surface area contributed by atoms with Crippen molar-refractivity contribution in [1.29, 1.82) is 0 Å². The van der Waals surface area contributed by atoms with Gasteiger partial charge < -0.3 is 10.1 Å². The fraction of sp³-hybridized carbons (Fsp3) is 0.381. The fourth-order valence-corrected chi connectivity index (χ4v) is 4.91. The van der Waals surface area contributed by atoms with E-state index in [-0.39, 0.29) is 22.8 Å². The molecule has 0 saturated heterocycles. The highest BCUT2D eigenvalue weighted by Gasteiger charge is 2.31. The van der Waals surface area contributed by atoms with Gasteiger partial charge in [-0.25, -0.2) is 8.42 Å². The number of fused-ring (bicyclic) bond motifs is 1. The van der Waals surface area contributed by atoms with Gasteiger partial charge in [-0.15, -0.1) is 0 Å². The molecule has 0 saturated carbocycles. The van der Waals surface area contributed by atoms with Gasteiger partial charge in [-0.2, -0.15) is 4.31 Å². The average Bonchev–Trinajstić information content (AvgIpc) is 2.97. The summed E-state index contributed by atoms with van der Waals surface area (Å²) in [4.78, 5) is 13.0. The number of benzene rings is 2. The quantitative estimate of drug-likeness (QED) is 0.796. The predicted molar refractivity (Wildman–Crippen MR) is 109 cm³/mol. The van der Waals surface area contributed by atoms with Gasteiger partial charge in [0.05, 0.1) is 10.5 Å². The van der Waals surface area contributed by atoms with Crippen LogP contribution in [0.5, 0.6) is 5.75 Å². The number of amides is 1. The Labute approximate surface area is 166 Å². The number of carbonyl (C=O) groups is 1. The molecule has 1 amide bonds. The summed E-state index contributed by atoms with van der Waals surface area (Å²) in [5.41, 5.74) is 1.89. The maximum atomic E-state index is 12.8. The molecular weight excluding hydrogens is 376 g/mol. The molecule has 1 heterocycles. The Hall–Kier alpha value is -2.38. The lowest BCUT2D eigenvalue weighted by Gasteiger charge is -2.19. The van der Waals surface area contributed by atoms with E-state index in [1.54, 1.807) is 32.0 Å². The molecule has 150 valence electrons. The first-order chi connectivity index (χ1) is 13.3. The normalized spacial score (nSPS) is 18.6. The molecule has 7 heteroatoms. The highest BCUT2D eigenvalue weighted by atomic mass is 32.2. The van der Waals surface area contributed by atoms with E-state index in [4.69, 9.17) is 4.74 Å². The van der Waals surface area contributed by atoms with Crippen LogP contribution >= 0.6 is 0 Å². The molecule has 0 fully saturated rings. The molecule has 0 bridgehead atoms. The van der Waals surface area contributed by atoms with E-state index in [2.05, 4.69) is 12.2 Å². The van der Waals surface area contributed by atoms with Gasteiger partial charge in [0, 0.05) is 30.3 Å². The fourth-order valence-electron chi connectivity index (χ4n) is 3.41. The lowest BCUT2D eigenvalue weighted by Crippen LogP contribution is -2.30. The maximum absolute atomic E-state index is 12.8. The SMILES string of the molecule is CCN(CC)S(=O)(=O)c1cccc(NC(=O)c2cccc3c2OC(C)C3C)c1. The number of anilines is 1. The number of carbonyl (C=O) groups excluding carboxylic acids is 1. The molecule has 0 aromatic heterocycles. The lowest BCUT2D eigenvalue weighted by atomic mass is 9.97. The van der Waals surface area contributed by atoms with Crippen LogP contribution in [0.15, 0.2) is 47.4 Å². The molecule has 2 unspecified atom stereocenters. The van der Waals surface area contributed by atoms with Crippen molar-refractivity contribution in [2.45, 2.75) is 44.6 Å². The second-order valence-electron chi connectivity index (χ2n) is 6.91. The number of nitrogens with zero attached hydrogens (tertiary/aromatic N) is 1. The van der Waals surface area contributed by atoms with Gasteiger partial charge in [-0.1, -0.05) is 39.0 Å². The number of rotatable bonds is 6. The second-order valence-corrected chi connectivity index (χ2v) is 8.84. The standard InChI is InChI=1S/C21H26N2O4S/c1-5-23(6-2)28(25,26)17-10-7-9-16(13-17)22-21(24)19-12-8-11-18-14(3)15(4)27-20(18)19/h7-15H,5-6H2,1-4H3,(H,22,24). The van der Waals surface area contributed by atoms with Crippen LogP contribution in [0.3, 0.4) is 0 Å². The van der Waals surface area contributed by atoms with E-state index in [9.17, 15) is 13.2 Å². The zero-order valence-electron chi connectivity index (χ0n) is 16.6. The number of ether oxygens (including phenoxy) is 1. The van der Waals surface area contributed by atoms with E-state index >= 15 is 0 Å². The van der Waals surface area contributed by atoms with E-state index < -0.39 is 10.0 Å². The molecule has 3 rings (SSSR count). The topological polar surface area (TPSA) is 75.7 Å². The summed E-state index contributed by atoms with van der Waals surface area (Å²) >= 11 is 0. The van der Waals surface area contributed by atoms with Crippen LogP contribution in [-0.4, -0.2) is 37.8 Å². The van der Waals surface area contributed by atoms with Crippen LogP contribution in [0.25, 0.3) is 0 Å². The molecule has 0 aliphatic carbocycles. The Morgan fingerprint density at radius 1 is 1.11 bits per heavy atom. The lowest BCUT2D eigenvalue weighted by molar-refractivity contribution is 0.102. The van der Waals surface area contributed by atoms with Gasteiger partial charge in [0.15, 0.2) is 0 Å². The number of hydrogen-bond acceptors (Lipinski definition) is 4. The minimum atomic E-state index is -3.59. The molecule has 1 aliphatic heterocycles. The number of para-hydroxylation sites is 1. The smallest absolute Gasteiger partial charge is 0.259 e. The zero-order valence-corrected chi connectivity index (χ0v) is 17.4. The average molecular weight is 403 g/mol. The monoisotopic (exact) mass is 402 g/mol. The molecule has 0 radical (unpaired) electrons. The number of sulfonamides is 1. The summed E-state index contributed by atoms with van der Waals surface area (Å²) in [6, 6.07) is 11.9. The maximum Gasteiger partial charge on any atom is 0.259 e. The number of nitrogens with one attached hydrogen (secondary N) is 1. The van der Waals surface area contributed by atoms with Crippen LogP contribution < -0.4 is 10.1 Å². The van der Waals surface area contributed by atoms with Crippen LogP contribution in [0, 0.1) is 0 Å². The molecule has 1 aliphatic rings. The van der Waals surface area contributed by atoms with Gasteiger partial charge in [0.25, 0.3) is 5.91 Å². The second kappa shape index (κ2) is 7.93. The van der Waals surface area contributed by atoms with E-state index in [0.29, 0.717) is 30.1 Å². The molecule has 28 heavy (non-hydrogen) atoms.